The number of likely N-dealkylation sites (tertiary alicyclic amines) is 1. The number of amides is 2. The minimum absolute atomic E-state index is 0.0215. The highest BCUT2D eigenvalue weighted by atomic mass is 16.5. The van der Waals surface area contributed by atoms with E-state index in [9.17, 15) is 9.59 Å². The zero-order valence-electron chi connectivity index (χ0n) is 10.2. The normalized spacial score (nSPS) is 43.8. The van der Waals surface area contributed by atoms with Crippen LogP contribution in [0.4, 0.5) is 0 Å². The molecule has 0 radical (unpaired) electrons. The van der Waals surface area contributed by atoms with E-state index in [0.29, 0.717) is 12.5 Å². The molecule has 94 valence electrons. The molecule has 0 bridgehead atoms. The van der Waals surface area contributed by atoms with Gasteiger partial charge in [0.25, 0.3) is 0 Å². The van der Waals surface area contributed by atoms with Crippen LogP contribution in [-0.2, 0) is 14.3 Å². The van der Waals surface area contributed by atoms with Gasteiger partial charge in [-0.2, -0.15) is 0 Å². The molecule has 3 fully saturated rings. The van der Waals surface area contributed by atoms with Crippen molar-refractivity contribution in [3.05, 3.63) is 0 Å². The standard InChI is InChI=1S/C12H18N2O3/c1-12(2)5-7(15)14(11(12)16)9-8(13)6-3-4-17-10(6)9/h6,8-10H,3-5,13H2,1-2H3. The summed E-state index contributed by atoms with van der Waals surface area (Å²) in [5.41, 5.74) is 5.49. The maximum Gasteiger partial charge on any atom is 0.235 e. The van der Waals surface area contributed by atoms with Crippen molar-refractivity contribution < 1.29 is 14.3 Å². The van der Waals surface area contributed by atoms with E-state index >= 15 is 0 Å². The van der Waals surface area contributed by atoms with Crippen LogP contribution in [0.1, 0.15) is 26.7 Å². The highest BCUT2D eigenvalue weighted by Gasteiger charge is 2.60. The van der Waals surface area contributed by atoms with Gasteiger partial charge in [0.2, 0.25) is 11.8 Å². The maximum absolute atomic E-state index is 12.2. The lowest BCUT2D eigenvalue weighted by Crippen LogP contribution is -2.70. The number of hydrogen-bond donors (Lipinski definition) is 1. The first-order valence-corrected chi connectivity index (χ1v) is 6.17. The molecule has 1 saturated carbocycles. The van der Waals surface area contributed by atoms with Crippen molar-refractivity contribution in [2.45, 2.75) is 44.9 Å². The Morgan fingerprint density at radius 2 is 2.12 bits per heavy atom. The summed E-state index contributed by atoms with van der Waals surface area (Å²) in [6.07, 6.45) is 1.21. The van der Waals surface area contributed by atoms with Gasteiger partial charge < -0.3 is 10.5 Å². The molecule has 5 nitrogen and oxygen atoms in total. The molecule has 4 unspecified atom stereocenters. The summed E-state index contributed by atoms with van der Waals surface area (Å²) in [4.78, 5) is 25.5. The van der Waals surface area contributed by atoms with Crippen LogP contribution >= 0.6 is 0 Å². The van der Waals surface area contributed by atoms with Gasteiger partial charge in [-0.05, 0) is 6.42 Å². The first kappa shape index (κ1) is 11.2. The molecule has 2 saturated heterocycles. The van der Waals surface area contributed by atoms with E-state index in [0.717, 1.165) is 6.42 Å². The van der Waals surface area contributed by atoms with Crippen molar-refractivity contribution >= 4 is 11.8 Å². The lowest BCUT2D eigenvalue weighted by Gasteiger charge is -2.49. The van der Waals surface area contributed by atoms with Crippen molar-refractivity contribution in [1.29, 1.82) is 0 Å². The van der Waals surface area contributed by atoms with E-state index in [-0.39, 0.29) is 36.4 Å². The average Bonchev–Trinajstić information content (AvgIpc) is 2.74. The van der Waals surface area contributed by atoms with Gasteiger partial charge in [0.15, 0.2) is 0 Å². The summed E-state index contributed by atoms with van der Waals surface area (Å²) < 4.78 is 5.59. The Morgan fingerprint density at radius 1 is 1.41 bits per heavy atom. The minimum Gasteiger partial charge on any atom is -0.376 e. The number of nitrogens with two attached hydrogens (primary N) is 1. The zero-order chi connectivity index (χ0) is 12.4. The van der Waals surface area contributed by atoms with E-state index < -0.39 is 5.41 Å². The highest BCUT2D eigenvalue weighted by molar-refractivity contribution is 6.06. The van der Waals surface area contributed by atoms with Crippen LogP contribution in [0.2, 0.25) is 0 Å². The maximum atomic E-state index is 12.2. The Balaban J connectivity index is 1.86. The zero-order valence-corrected chi connectivity index (χ0v) is 10.2. The molecule has 4 atom stereocenters. The first-order valence-electron chi connectivity index (χ1n) is 6.17. The monoisotopic (exact) mass is 238 g/mol. The van der Waals surface area contributed by atoms with E-state index in [1.54, 1.807) is 0 Å². The summed E-state index contributed by atoms with van der Waals surface area (Å²) in [7, 11) is 0. The third-order valence-electron chi connectivity index (χ3n) is 4.37. The highest BCUT2D eigenvalue weighted by Crippen LogP contribution is 2.44. The van der Waals surface area contributed by atoms with E-state index in [2.05, 4.69) is 0 Å². The quantitative estimate of drug-likeness (QED) is 0.647. The van der Waals surface area contributed by atoms with Gasteiger partial charge in [-0.1, -0.05) is 13.8 Å². The molecular weight excluding hydrogens is 220 g/mol. The van der Waals surface area contributed by atoms with Gasteiger partial charge in [-0.3, -0.25) is 14.5 Å². The van der Waals surface area contributed by atoms with Gasteiger partial charge in [0.05, 0.1) is 17.6 Å². The topological polar surface area (TPSA) is 72.6 Å². The number of ether oxygens (including phenoxy) is 1. The molecule has 3 aliphatic rings. The van der Waals surface area contributed by atoms with Crippen LogP contribution in [-0.4, -0.2) is 41.5 Å². The molecule has 17 heavy (non-hydrogen) atoms. The smallest absolute Gasteiger partial charge is 0.235 e. The fraction of sp³-hybridized carbons (Fsp3) is 0.833. The Morgan fingerprint density at radius 3 is 2.71 bits per heavy atom. The number of hydrogen-bond acceptors (Lipinski definition) is 4. The number of carbonyl (C=O) groups is 2. The Labute approximate surface area is 100 Å². The number of carbonyl (C=O) groups excluding carboxylic acids is 2. The number of fused-ring (bicyclic) bond motifs is 1. The molecule has 3 rings (SSSR count). The van der Waals surface area contributed by atoms with E-state index in [1.165, 1.54) is 4.90 Å². The Kier molecular flexibility index (Phi) is 2.16. The third kappa shape index (κ3) is 1.32. The van der Waals surface area contributed by atoms with Gasteiger partial charge in [0.1, 0.15) is 0 Å². The third-order valence-corrected chi connectivity index (χ3v) is 4.37. The van der Waals surface area contributed by atoms with Gasteiger partial charge in [-0.25, -0.2) is 0 Å². The average molecular weight is 238 g/mol. The molecule has 5 heteroatoms. The predicted octanol–water partition coefficient (Wildman–Crippen LogP) is -0.114. The SMILES string of the molecule is CC1(C)CC(=O)N(C2C(N)C3CCOC32)C1=O. The molecular formula is C12H18N2O3. The molecule has 2 amide bonds. The van der Waals surface area contributed by atoms with Crippen molar-refractivity contribution in [3.63, 3.8) is 0 Å². The molecule has 2 aliphatic heterocycles. The fourth-order valence-electron chi connectivity index (χ4n) is 3.32. The predicted molar refractivity (Wildman–Crippen MR) is 59.9 cm³/mol. The van der Waals surface area contributed by atoms with Gasteiger partial charge >= 0.3 is 0 Å². The summed E-state index contributed by atoms with van der Waals surface area (Å²) >= 11 is 0. The van der Waals surface area contributed by atoms with Crippen molar-refractivity contribution in [1.82, 2.24) is 4.90 Å². The number of nitrogens with zero attached hydrogens (tertiary/aromatic N) is 1. The summed E-state index contributed by atoms with van der Waals surface area (Å²) in [5, 5.41) is 0. The van der Waals surface area contributed by atoms with Crippen molar-refractivity contribution in [3.8, 4) is 0 Å². The van der Waals surface area contributed by atoms with Crippen LogP contribution in [0, 0.1) is 11.3 Å². The van der Waals surface area contributed by atoms with Gasteiger partial charge in [0, 0.05) is 25.0 Å². The van der Waals surface area contributed by atoms with E-state index in [1.807, 2.05) is 13.8 Å². The molecule has 2 heterocycles. The molecule has 0 aromatic heterocycles. The molecule has 0 aromatic carbocycles. The molecule has 0 spiro atoms. The molecule has 2 N–H and O–H groups in total. The summed E-state index contributed by atoms with van der Waals surface area (Å²) in [6, 6.07) is -0.339. The minimum atomic E-state index is -0.583. The second-order valence-corrected chi connectivity index (χ2v) is 5.99. The van der Waals surface area contributed by atoms with Crippen LogP contribution in [0.3, 0.4) is 0 Å². The number of rotatable bonds is 1. The van der Waals surface area contributed by atoms with Crippen molar-refractivity contribution in [2.75, 3.05) is 6.61 Å². The fourth-order valence-corrected chi connectivity index (χ4v) is 3.32. The van der Waals surface area contributed by atoms with Crippen molar-refractivity contribution in [2.24, 2.45) is 17.1 Å². The van der Waals surface area contributed by atoms with Gasteiger partial charge in [-0.15, -0.1) is 0 Å². The van der Waals surface area contributed by atoms with Crippen LogP contribution in [0.25, 0.3) is 0 Å². The summed E-state index contributed by atoms with van der Waals surface area (Å²) in [5.74, 6) is 0.121. The molecule has 1 aliphatic carbocycles. The summed E-state index contributed by atoms with van der Waals surface area (Å²) in [6.45, 7) is 4.31. The first-order chi connectivity index (χ1) is 7.93. The second-order valence-electron chi connectivity index (χ2n) is 5.99. The van der Waals surface area contributed by atoms with Crippen LogP contribution < -0.4 is 5.73 Å². The largest absolute Gasteiger partial charge is 0.376 e. The Bertz CT molecular complexity index is 393. The Hall–Kier alpha value is -0.940. The molecule has 0 aromatic rings. The second kappa shape index (κ2) is 3.29. The number of imide groups is 1. The van der Waals surface area contributed by atoms with E-state index in [4.69, 9.17) is 10.5 Å². The lowest BCUT2D eigenvalue weighted by molar-refractivity contribution is -0.155. The van der Waals surface area contributed by atoms with Crippen LogP contribution in [0.15, 0.2) is 0 Å². The van der Waals surface area contributed by atoms with Crippen LogP contribution in [0.5, 0.6) is 0 Å². The lowest BCUT2D eigenvalue weighted by atomic mass is 9.71.